The van der Waals surface area contributed by atoms with Gasteiger partial charge in [-0.05, 0) is 17.7 Å². The van der Waals surface area contributed by atoms with Crippen LogP contribution < -0.4 is 26.3 Å². The maximum atomic E-state index is 5.86. The lowest BCUT2D eigenvalue weighted by Crippen LogP contribution is -2.08. The minimum atomic E-state index is 0.0593. The Kier molecular flexibility index (Phi) is 4.54. The Bertz CT molecular complexity index is 651. The lowest BCUT2D eigenvalue weighted by Gasteiger charge is -2.12. The molecule has 0 aliphatic carbocycles. The monoisotopic (exact) mass is 309 g/mol. The van der Waals surface area contributed by atoms with Crippen LogP contribution in [-0.2, 0) is 6.54 Å². The Morgan fingerprint density at radius 3 is 2.52 bits per heavy atom. The molecule has 2 aromatic rings. The topological polar surface area (TPSA) is 108 Å². The van der Waals surface area contributed by atoms with Crippen molar-refractivity contribution < 1.29 is 9.47 Å². The molecule has 8 heteroatoms. The van der Waals surface area contributed by atoms with Gasteiger partial charge in [-0.3, -0.25) is 0 Å². The number of hydrogen-bond donors (Lipinski definition) is 3. The molecule has 0 bridgehead atoms. The number of rotatable bonds is 5. The van der Waals surface area contributed by atoms with E-state index in [-0.39, 0.29) is 16.8 Å². The van der Waals surface area contributed by atoms with Crippen molar-refractivity contribution >= 4 is 29.1 Å². The highest BCUT2D eigenvalue weighted by molar-refractivity contribution is 6.32. The van der Waals surface area contributed by atoms with Gasteiger partial charge in [0.1, 0.15) is 5.69 Å². The summed E-state index contributed by atoms with van der Waals surface area (Å²) >= 11 is 5.86. The first-order valence-corrected chi connectivity index (χ1v) is 6.46. The molecular weight excluding hydrogens is 294 g/mol. The number of ether oxygens (including phenoxy) is 2. The predicted molar refractivity (Wildman–Crippen MR) is 82.7 cm³/mol. The lowest BCUT2D eigenvalue weighted by molar-refractivity contribution is 0.354. The second-order valence-electron chi connectivity index (χ2n) is 4.18. The first-order chi connectivity index (χ1) is 10.0. The number of hydrogen-bond acceptors (Lipinski definition) is 7. The van der Waals surface area contributed by atoms with Gasteiger partial charge in [0.15, 0.2) is 22.5 Å². The standard InChI is InChI=1S/C13H16ClN5O2/c1-20-8-4-3-7(5-9(8)21-2)6-17-12-10(15)11(14)18-13(16)19-12/h3-5H,6,15H2,1-2H3,(H3,16,17,18,19). The maximum Gasteiger partial charge on any atom is 0.223 e. The van der Waals surface area contributed by atoms with Crippen molar-refractivity contribution in [1.82, 2.24) is 9.97 Å². The van der Waals surface area contributed by atoms with Crippen molar-refractivity contribution in [1.29, 1.82) is 0 Å². The van der Waals surface area contributed by atoms with Gasteiger partial charge in [0.25, 0.3) is 0 Å². The molecule has 2 rings (SSSR count). The molecule has 5 N–H and O–H groups in total. The molecular formula is C13H16ClN5O2. The molecule has 1 aromatic heterocycles. The summed E-state index contributed by atoms with van der Waals surface area (Å²) in [5.74, 6) is 1.76. The summed E-state index contributed by atoms with van der Waals surface area (Å²) in [6.45, 7) is 0.470. The second-order valence-corrected chi connectivity index (χ2v) is 4.54. The van der Waals surface area contributed by atoms with Crippen LogP contribution in [0.1, 0.15) is 5.56 Å². The van der Waals surface area contributed by atoms with Crippen LogP contribution in [0.15, 0.2) is 18.2 Å². The van der Waals surface area contributed by atoms with E-state index in [1.54, 1.807) is 14.2 Å². The van der Waals surface area contributed by atoms with Crippen LogP contribution in [0.2, 0.25) is 5.15 Å². The third-order valence-corrected chi connectivity index (χ3v) is 3.11. The molecule has 0 atom stereocenters. The molecule has 1 heterocycles. The van der Waals surface area contributed by atoms with Crippen molar-refractivity contribution in [3.8, 4) is 11.5 Å². The summed E-state index contributed by atoms with van der Waals surface area (Å²) in [7, 11) is 3.17. The van der Waals surface area contributed by atoms with Crippen molar-refractivity contribution in [3.63, 3.8) is 0 Å². The summed E-state index contributed by atoms with van der Waals surface area (Å²) in [6, 6.07) is 5.57. The Labute approximate surface area is 127 Å². The van der Waals surface area contributed by atoms with Crippen LogP contribution in [0.4, 0.5) is 17.5 Å². The lowest BCUT2D eigenvalue weighted by atomic mass is 10.2. The Morgan fingerprint density at radius 2 is 1.86 bits per heavy atom. The van der Waals surface area contributed by atoms with Crippen LogP contribution in [0.25, 0.3) is 0 Å². The minimum Gasteiger partial charge on any atom is -0.493 e. The molecule has 0 fully saturated rings. The molecule has 0 aliphatic rings. The fraction of sp³-hybridized carbons (Fsp3) is 0.231. The second kappa shape index (κ2) is 6.36. The third-order valence-electron chi connectivity index (χ3n) is 2.82. The number of nitrogen functional groups attached to an aromatic ring is 2. The predicted octanol–water partition coefficient (Wildman–Crippen LogP) is 1.92. The van der Waals surface area contributed by atoms with Gasteiger partial charge in [-0.1, -0.05) is 17.7 Å². The number of anilines is 3. The molecule has 21 heavy (non-hydrogen) atoms. The molecule has 0 aliphatic heterocycles. The number of nitrogens with zero attached hydrogens (tertiary/aromatic N) is 2. The zero-order chi connectivity index (χ0) is 15.4. The van der Waals surface area contributed by atoms with Crippen LogP contribution in [0.3, 0.4) is 0 Å². The molecule has 112 valence electrons. The first-order valence-electron chi connectivity index (χ1n) is 6.08. The smallest absolute Gasteiger partial charge is 0.223 e. The van der Waals surface area contributed by atoms with Gasteiger partial charge >= 0.3 is 0 Å². The zero-order valence-electron chi connectivity index (χ0n) is 11.7. The average molecular weight is 310 g/mol. The number of benzene rings is 1. The van der Waals surface area contributed by atoms with Crippen molar-refractivity contribution in [2.45, 2.75) is 6.54 Å². The Morgan fingerprint density at radius 1 is 1.14 bits per heavy atom. The van der Waals surface area contributed by atoms with E-state index in [2.05, 4.69) is 15.3 Å². The van der Waals surface area contributed by atoms with Gasteiger partial charge in [0.2, 0.25) is 5.95 Å². The fourth-order valence-corrected chi connectivity index (χ4v) is 1.95. The minimum absolute atomic E-state index is 0.0593. The number of aromatic nitrogens is 2. The highest BCUT2D eigenvalue weighted by Crippen LogP contribution is 2.29. The highest BCUT2D eigenvalue weighted by Gasteiger charge is 2.09. The van der Waals surface area contributed by atoms with E-state index in [4.69, 9.17) is 32.5 Å². The van der Waals surface area contributed by atoms with E-state index < -0.39 is 0 Å². The van der Waals surface area contributed by atoms with Crippen LogP contribution in [-0.4, -0.2) is 24.2 Å². The molecule has 0 spiro atoms. The van der Waals surface area contributed by atoms with Gasteiger partial charge in [0, 0.05) is 6.54 Å². The zero-order valence-corrected chi connectivity index (χ0v) is 12.4. The summed E-state index contributed by atoms with van der Waals surface area (Å²) < 4.78 is 10.4. The quantitative estimate of drug-likeness (QED) is 0.724. The molecule has 0 unspecified atom stereocenters. The summed E-state index contributed by atoms with van der Waals surface area (Å²) in [5, 5.41) is 3.19. The van der Waals surface area contributed by atoms with Crippen LogP contribution >= 0.6 is 11.6 Å². The number of nitrogens with one attached hydrogen (secondary N) is 1. The molecule has 1 aromatic carbocycles. The van der Waals surface area contributed by atoms with Gasteiger partial charge in [0.05, 0.1) is 14.2 Å². The Hall–Kier alpha value is -2.41. The summed E-state index contributed by atoms with van der Waals surface area (Å²) in [4.78, 5) is 7.78. The molecule has 0 amide bonds. The van der Waals surface area contributed by atoms with Gasteiger partial charge in [-0.25, -0.2) is 0 Å². The molecule has 0 saturated carbocycles. The Balaban J connectivity index is 2.17. The van der Waals surface area contributed by atoms with E-state index in [0.29, 0.717) is 23.9 Å². The fourth-order valence-electron chi connectivity index (χ4n) is 1.77. The average Bonchev–Trinajstić information content (AvgIpc) is 2.49. The van der Waals surface area contributed by atoms with E-state index in [0.717, 1.165) is 5.56 Å². The van der Waals surface area contributed by atoms with Crippen LogP contribution in [0, 0.1) is 0 Å². The van der Waals surface area contributed by atoms with Gasteiger partial charge in [-0.15, -0.1) is 0 Å². The van der Waals surface area contributed by atoms with Crippen molar-refractivity contribution in [3.05, 3.63) is 28.9 Å². The summed E-state index contributed by atoms with van der Waals surface area (Å²) in [5.41, 5.74) is 12.6. The van der Waals surface area contributed by atoms with Crippen molar-refractivity contribution in [2.75, 3.05) is 31.0 Å². The normalized spacial score (nSPS) is 10.2. The third kappa shape index (κ3) is 3.38. The maximum absolute atomic E-state index is 5.86. The number of methoxy groups -OCH3 is 2. The van der Waals surface area contributed by atoms with Gasteiger partial charge in [-0.2, -0.15) is 9.97 Å². The van der Waals surface area contributed by atoms with E-state index >= 15 is 0 Å². The number of nitrogens with two attached hydrogens (primary N) is 2. The van der Waals surface area contributed by atoms with Gasteiger partial charge < -0.3 is 26.3 Å². The number of halogens is 1. The largest absolute Gasteiger partial charge is 0.493 e. The first kappa shape index (κ1) is 15.0. The van der Waals surface area contributed by atoms with Crippen molar-refractivity contribution in [2.24, 2.45) is 0 Å². The van der Waals surface area contributed by atoms with E-state index in [9.17, 15) is 0 Å². The highest BCUT2D eigenvalue weighted by atomic mass is 35.5. The molecule has 7 nitrogen and oxygen atoms in total. The molecule has 0 radical (unpaired) electrons. The van der Waals surface area contributed by atoms with Crippen LogP contribution in [0.5, 0.6) is 11.5 Å². The van der Waals surface area contributed by atoms with E-state index in [1.165, 1.54) is 0 Å². The SMILES string of the molecule is COc1ccc(CNc2nc(N)nc(Cl)c2N)cc1OC. The summed E-state index contributed by atoms with van der Waals surface area (Å²) in [6.07, 6.45) is 0. The van der Waals surface area contributed by atoms with E-state index in [1.807, 2.05) is 18.2 Å². The molecule has 0 saturated heterocycles.